The number of hydrogen-bond acceptors (Lipinski definition) is 3. The van der Waals surface area contributed by atoms with Crippen molar-refractivity contribution < 1.29 is 13.2 Å². The number of likely N-dealkylation sites (N-methyl/N-ethyl adjacent to an activating group) is 1. The Hall–Kier alpha value is 0.0600. The van der Waals surface area contributed by atoms with Gasteiger partial charge in [0.25, 0.3) is 0 Å². The van der Waals surface area contributed by atoms with Crippen LogP contribution in [-0.2, 0) is 0 Å². The number of nitrogens with zero attached hydrogens (tertiary/aromatic N) is 1. The number of hydrogen-bond donors (Lipinski definition) is 2. The average Bonchev–Trinajstić information content (AvgIpc) is 2.45. The van der Waals surface area contributed by atoms with E-state index in [1.165, 1.54) is 6.92 Å². The molecule has 84 valence electrons. The first-order valence-electron chi connectivity index (χ1n) is 4.68. The third-order valence-electron chi connectivity index (χ3n) is 2.47. The molecule has 0 aromatic heterocycles. The van der Waals surface area contributed by atoms with Crippen molar-refractivity contribution in [1.82, 2.24) is 10.2 Å². The largest absolute Gasteiger partial charge is 0.459 e. The van der Waals surface area contributed by atoms with Crippen LogP contribution in [0, 0.1) is 0 Å². The topological polar surface area (TPSA) is 15.3 Å². The molecule has 0 amide bonds. The van der Waals surface area contributed by atoms with Crippen molar-refractivity contribution in [3.05, 3.63) is 0 Å². The van der Waals surface area contributed by atoms with Crippen LogP contribution in [0.4, 0.5) is 13.2 Å². The molecular weight excluding hydrogens is 213 g/mol. The molecule has 1 aliphatic rings. The van der Waals surface area contributed by atoms with Gasteiger partial charge >= 0.3 is 6.30 Å². The molecule has 0 aliphatic carbocycles. The van der Waals surface area contributed by atoms with E-state index in [2.05, 4.69) is 17.9 Å². The lowest BCUT2D eigenvalue weighted by Gasteiger charge is -2.27. The molecule has 0 aromatic carbocycles. The van der Waals surface area contributed by atoms with Gasteiger partial charge in [0.15, 0.2) is 0 Å². The molecule has 1 saturated heterocycles. The molecule has 1 heterocycles. The number of nitrogens with one attached hydrogen (secondary N) is 1. The van der Waals surface area contributed by atoms with Crippen LogP contribution in [-0.4, -0.2) is 42.1 Å². The van der Waals surface area contributed by atoms with Gasteiger partial charge in [0.2, 0.25) is 0 Å². The molecule has 2 nitrogen and oxygen atoms in total. The highest BCUT2D eigenvalue weighted by Crippen LogP contribution is 2.23. The Morgan fingerprint density at radius 1 is 1.50 bits per heavy atom. The molecule has 0 bridgehead atoms. The van der Waals surface area contributed by atoms with Crippen LogP contribution in [0.5, 0.6) is 0 Å². The third kappa shape index (κ3) is 3.03. The van der Waals surface area contributed by atoms with E-state index in [1.54, 1.807) is 0 Å². The summed E-state index contributed by atoms with van der Waals surface area (Å²) in [6.07, 6.45) is -3.39. The average molecular weight is 228 g/mol. The Morgan fingerprint density at radius 3 is 2.50 bits per heavy atom. The molecule has 0 spiro atoms. The normalized spacial score (nSPS) is 28.7. The maximum atomic E-state index is 12.4. The third-order valence-corrected chi connectivity index (χ3v) is 3.09. The molecule has 2 atom stereocenters. The zero-order valence-electron chi connectivity index (χ0n) is 8.01. The van der Waals surface area contributed by atoms with E-state index in [4.69, 9.17) is 0 Å². The van der Waals surface area contributed by atoms with Crippen molar-refractivity contribution in [2.45, 2.75) is 30.9 Å². The lowest BCUT2D eigenvalue weighted by molar-refractivity contribution is -0.245. The van der Waals surface area contributed by atoms with Crippen molar-refractivity contribution in [3.8, 4) is 0 Å². The maximum absolute atomic E-state index is 12.4. The first kappa shape index (κ1) is 12.1. The van der Waals surface area contributed by atoms with E-state index in [1.807, 2.05) is 0 Å². The van der Waals surface area contributed by atoms with Crippen molar-refractivity contribution in [2.75, 3.05) is 19.6 Å². The standard InChI is InChI=1S/C8H15F3N2S/c1-2-13(8(9,10)11)5-6-7(14)3-4-12-6/h6-7,12,14H,2-5H2,1H3/t6-,7?/m0/s1. The minimum Gasteiger partial charge on any atom is -0.312 e. The Labute approximate surface area is 87.2 Å². The lowest BCUT2D eigenvalue weighted by Crippen LogP contribution is -2.47. The zero-order chi connectivity index (χ0) is 10.8. The molecule has 1 unspecified atom stereocenters. The summed E-state index contributed by atoms with van der Waals surface area (Å²) in [7, 11) is 0. The first-order valence-corrected chi connectivity index (χ1v) is 5.20. The number of halogens is 3. The fraction of sp³-hybridized carbons (Fsp3) is 1.00. The summed E-state index contributed by atoms with van der Waals surface area (Å²) < 4.78 is 37.1. The highest BCUT2D eigenvalue weighted by Gasteiger charge is 2.38. The highest BCUT2D eigenvalue weighted by atomic mass is 32.1. The van der Waals surface area contributed by atoms with E-state index < -0.39 is 6.30 Å². The summed E-state index contributed by atoms with van der Waals surface area (Å²) in [6.45, 7) is 2.25. The molecule has 0 aromatic rings. The second kappa shape index (κ2) is 4.72. The Kier molecular flexibility index (Phi) is 4.09. The predicted octanol–water partition coefficient (Wildman–Crippen LogP) is 1.49. The Bertz CT molecular complexity index is 186. The summed E-state index contributed by atoms with van der Waals surface area (Å²) in [5.41, 5.74) is 0. The Balaban J connectivity index is 2.48. The van der Waals surface area contributed by atoms with Crippen LogP contribution in [0.25, 0.3) is 0 Å². The molecule has 0 saturated carbocycles. The molecular formula is C8H15F3N2S. The van der Waals surface area contributed by atoms with E-state index in [9.17, 15) is 13.2 Å². The van der Waals surface area contributed by atoms with E-state index in [0.717, 1.165) is 13.0 Å². The summed E-state index contributed by atoms with van der Waals surface area (Å²) in [5, 5.41) is 3.06. The van der Waals surface area contributed by atoms with Gasteiger partial charge in [0.1, 0.15) is 0 Å². The molecule has 0 radical (unpaired) electrons. The van der Waals surface area contributed by atoms with Crippen LogP contribution in [0.15, 0.2) is 0 Å². The van der Waals surface area contributed by atoms with Crippen molar-refractivity contribution in [1.29, 1.82) is 0 Å². The molecule has 1 fully saturated rings. The van der Waals surface area contributed by atoms with Gasteiger partial charge in [-0.3, -0.25) is 0 Å². The second-order valence-corrected chi connectivity index (χ2v) is 4.09. The van der Waals surface area contributed by atoms with E-state index in [0.29, 0.717) is 4.90 Å². The molecule has 14 heavy (non-hydrogen) atoms. The fourth-order valence-corrected chi connectivity index (χ4v) is 1.92. The van der Waals surface area contributed by atoms with Gasteiger partial charge in [-0.05, 0) is 13.0 Å². The lowest BCUT2D eigenvalue weighted by atomic mass is 10.2. The molecule has 1 N–H and O–H groups in total. The van der Waals surface area contributed by atoms with Crippen molar-refractivity contribution >= 4 is 12.6 Å². The summed E-state index contributed by atoms with van der Waals surface area (Å²) in [4.78, 5) is 0.513. The van der Waals surface area contributed by atoms with Crippen molar-refractivity contribution in [3.63, 3.8) is 0 Å². The van der Waals surface area contributed by atoms with Gasteiger partial charge in [-0.2, -0.15) is 25.8 Å². The quantitative estimate of drug-likeness (QED) is 0.562. The highest BCUT2D eigenvalue weighted by molar-refractivity contribution is 7.81. The minimum atomic E-state index is -4.23. The summed E-state index contributed by atoms with van der Waals surface area (Å²) in [5.74, 6) is 0. The van der Waals surface area contributed by atoms with Gasteiger partial charge in [-0.25, -0.2) is 4.90 Å². The zero-order valence-corrected chi connectivity index (χ0v) is 8.91. The SMILES string of the molecule is CCN(C[C@@H]1NCCC1S)C(F)(F)F. The molecule has 6 heteroatoms. The van der Waals surface area contributed by atoms with Crippen LogP contribution in [0.3, 0.4) is 0 Å². The fourth-order valence-electron chi connectivity index (χ4n) is 1.59. The summed E-state index contributed by atoms with van der Waals surface area (Å²) in [6, 6.07) is -0.153. The van der Waals surface area contributed by atoms with Gasteiger partial charge < -0.3 is 5.32 Å². The van der Waals surface area contributed by atoms with E-state index >= 15 is 0 Å². The van der Waals surface area contributed by atoms with Gasteiger partial charge in [0.05, 0.1) is 0 Å². The van der Waals surface area contributed by atoms with E-state index in [-0.39, 0.29) is 24.4 Å². The smallest absolute Gasteiger partial charge is 0.312 e. The van der Waals surface area contributed by atoms with Crippen LogP contribution in [0.2, 0.25) is 0 Å². The molecule has 1 rings (SSSR count). The Morgan fingerprint density at radius 2 is 2.14 bits per heavy atom. The second-order valence-electron chi connectivity index (χ2n) is 3.42. The predicted molar refractivity (Wildman–Crippen MR) is 52.5 cm³/mol. The van der Waals surface area contributed by atoms with Crippen molar-refractivity contribution in [2.24, 2.45) is 0 Å². The van der Waals surface area contributed by atoms with Crippen LogP contribution >= 0.6 is 12.6 Å². The minimum absolute atomic E-state index is 0.00579. The van der Waals surface area contributed by atoms with Crippen LogP contribution in [0.1, 0.15) is 13.3 Å². The maximum Gasteiger partial charge on any atom is 0.459 e. The number of alkyl halides is 3. The van der Waals surface area contributed by atoms with Gasteiger partial charge in [0, 0.05) is 24.4 Å². The molecule has 1 aliphatic heterocycles. The first-order chi connectivity index (χ1) is 6.45. The number of rotatable bonds is 3. The van der Waals surface area contributed by atoms with Gasteiger partial charge in [-0.15, -0.1) is 0 Å². The van der Waals surface area contributed by atoms with Gasteiger partial charge in [-0.1, -0.05) is 6.92 Å². The monoisotopic (exact) mass is 228 g/mol. The summed E-state index contributed by atoms with van der Waals surface area (Å²) >= 11 is 4.24. The van der Waals surface area contributed by atoms with Crippen LogP contribution < -0.4 is 5.32 Å². The number of thiol groups is 1.